The third-order valence-corrected chi connectivity index (χ3v) is 3.48. The normalized spacial score (nSPS) is 22.9. The summed E-state index contributed by atoms with van der Waals surface area (Å²) in [5, 5.41) is 0. The lowest BCUT2D eigenvalue weighted by Crippen LogP contribution is -2.37. The number of nitrogens with two attached hydrogens (primary N) is 1. The quantitative estimate of drug-likeness (QED) is 0.749. The van der Waals surface area contributed by atoms with Crippen LogP contribution in [0.2, 0.25) is 0 Å². The first-order valence-corrected chi connectivity index (χ1v) is 6.07. The third-order valence-electron chi connectivity index (χ3n) is 3.48. The summed E-state index contributed by atoms with van der Waals surface area (Å²) in [6, 6.07) is 0.359. The summed E-state index contributed by atoms with van der Waals surface area (Å²) in [4.78, 5) is 2.57. The fraction of sp³-hybridized carbons (Fsp3) is 1.00. The molecule has 2 N–H and O–H groups in total. The Bertz CT molecular complexity index is 146. The molecule has 1 rings (SSSR count). The highest BCUT2D eigenvalue weighted by Crippen LogP contribution is 2.24. The largest absolute Gasteiger partial charge is 0.328 e. The number of likely N-dealkylation sites (tertiary alicyclic amines) is 1. The zero-order valence-electron chi connectivity index (χ0n) is 10.00. The van der Waals surface area contributed by atoms with E-state index in [2.05, 4.69) is 25.7 Å². The van der Waals surface area contributed by atoms with Crippen molar-refractivity contribution in [1.82, 2.24) is 4.90 Å². The van der Waals surface area contributed by atoms with E-state index >= 15 is 0 Å². The van der Waals surface area contributed by atoms with E-state index in [-0.39, 0.29) is 0 Å². The molecule has 0 aromatic heterocycles. The average molecular weight is 198 g/mol. The van der Waals surface area contributed by atoms with Crippen LogP contribution >= 0.6 is 0 Å². The van der Waals surface area contributed by atoms with Crippen LogP contribution in [0.4, 0.5) is 0 Å². The van der Waals surface area contributed by atoms with E-state index in [0.717, 1.165) is 18.3 Å². The summed E-state index contributed by atoms with van der Waals surface area (Å²) in [5.74, 6) is 1.83. The number of piperidine rings is 1. The van der Waals surface area contributed by atoms with Gasteiger partial charge >= 0.3 is 0 Å². The molecule has 2 nitrogen and oxygen atoms in total. The van der Waals surface area contributed by atoms with Crippen LogP contribution in [0.3, 0.4) is 0 Å². The van der Waals surface area contributed by atoms with Crippen LogP contribution in [0.15, 0.2) is 0 Å². The van der Waals surface area contributed by atoms with E-state index < -0.39 is 0 Å². The summed E-state index contributed by atoms with van der Waals surface area (Å²) >= 11 is 0. The minimum Gasteiger partial charge on any atom is -0.328 e. The van der Waals surface area contributed by atoms with Crippen molar-refractivity contribution in [2.45, 2.75) is 46.1 Å². The Hall–Kier alpha value is -0.0800. The molecule has 0 radical (unpaired) electrons. The molecule has 1 aliphatic rings. The van der Waals surface area contributed by atoms with Crippen LogP contribution in [-0.2, 0) is 0 Å². The second-order valence-corrected chi connectivity index (χ2v) is 5.19. The number of rotatable bonds is 4. The van der Waals surface area contributed by atoms with Gasteiger partial charge in [0.25, 0.3) is 0 Å². The van der Waals surface area contributed by atoms with Crippen molar-refractivity contribution in [3.05, 3.63) is 0 Å². The third kappa shape index (κ3) is 3.97. The second-order valence-electron chi connectivity index (χ2n) is 5.19. The minimum atomic E-state index is 0.359. The number of hydrogen-bond acceptors (Lipinski definition) is 2. The van der Waals surface area contributed by atoms with Crippen molar-refractivity contribution in [2.24, 2.45) is 17.6 Å². The number of nitrogens with zero attached hydrogens (tertiary/aromatic N) is 1. The number of hydrogen-bond donors (Lipinski definition) is 1. The first-order chi connectivity index (χ1) is 6.59. The maximum Gasteiger partial charge on any atom is 0.00226 e. The van der Waals surface area contributed by atoms with Gasteiger partial charge in [0.2, 0.25) is 0 Å². The van der Waals surface area contributed by atoms with E-state index in [1.54, 1.807) is 0 Å². The molecule has 0 aromatic rings. The van der Waals surface area contributed by atoms with Gasteiger partial charge in [-0.1, -0.05) is 13.8 Å². The first kappa shape index (κ1) is 12.0. The second kappa shape index (κ2) is 5.72. The lowest BCUT2D eigenvalue weighted by molar-refractivity contribution is 0.155. The van der Waals surface area contributed by atoms with Crippen molar-refractivity contribution in [3.8, 4) is 0 Å². The molecule has 1 unspecified atom stereocenters. The summed E-state index contributed by atoms with van der Waals surface area (Å²) < 4.78 is 0. The Morgan fingerprint density at radius 2 is 1.79 bits per heavy atom. The summed E-state index contributed by atoms with van der Waals surface area (Å²) in [7, 11) is 0. The van der Waals surface area contributed by atoms with Crippen LogP contribution in [-0.4, -0.2) is 30.6 Å². The zero-order chi connectivity index (χ0) is 10.6. The molecule has 14 heavy (non-hydrogen) atoms. The summed E-state index contributed by atoms with van der Waals surface area (Å²) in [5.41, 5.74) is 5.76. The monoisotopic (exact) mass is 198 g/mol. The van der Waals surface area contributed by atoms with Crippen LogP contribution < -0.4 is 5.73 Å². The van der Waals surface area contributed by atoms with Gasteiger partial charge in [0.05, 0.1) is 0 Å². The van der Waals surface area contributed by atoms with Gasteiger partial charge in [-0.05, 0) is 57.7 Å². The van der Waals surface area contributed by atoms with Gasteiger partial charge in [-0.2, -0.15) is 0 Å². The van der Waals surface area contributed by atoms with E-state index in [0.29, 0.717) is 6.04 Å². The highest BCUT2D eigenvalue weighted by atomic mass is 15.1. The fourth-order valence-electron chi connectivity index (χ4n) is 2.23. The molecule has 0 amide bonds. The molecule has 0 saturated carbocycles. The Balaban J connectivity index is 2.16. The van der Waals surface area contributed by atoms with Crippen molar-refractivity contribution in [2.75, 3.05) is 19.6 Å². The van der Waals surface area contributed by atoms with Crippen LogP contribution in [0.25, 0.3) is 0 Å². The molecule has 0 spiro atoms. The average Bonchev–Trinajstić information content (AvgIpc) is 2.15. The maximum absolute atomic E-state index is 5.76. The predicted octanol–water partition coefficient (Wildman–Crippen LogP) is 2.09. The summed E-state index contributed by atoms with van der Waals surface area (Å²) in [6.45, 7) is 10.6. The van der Waals surface area contributed by atoms with E-state index in [1.807, 2.05) is 0 Å². The molecule has 0 aliphatic carbocycles. The van der Waals surface area contributed by atoms with Gasteiger partial charge < -0.3 is 10.6 Å². The zero-order valence-corrected chi connectivity index (χ0v) is 10.00. The smallest absolute Gasteiger partial charge is 0.00226 e. The molecular formula is C12H26N2. The lowest BCUT2D eigenvalue weighted by atomic mass is 9.86. The van der Waals surface area contributed by atoms with Crippen LogP contribution in [0.1, 0.15) is 40.0 Å². The van der Waals surface area contributed by atoms with Crippen molar-refractivity contribution in [1.29, 1.82) is 0 Å². The molecule has 1 heterocycles. The molecular weight excluding hydrogens is 172 g/mol. The molecule has 1 fully saturated rings. The van der Waals surface area contributed by atoms with Crippen LogP contribution in [0.5, 0.6) is 0 Å². The van der Waals surface area contributed by atoms with E-state index in [4.69, 9.17) is 5.73 Å². The van der Waals surface area contributed by atoms with Gasteiger partial charge in [-0.25, -0.2) is 0 Å². The minimum absolute atomic E-state index is 0.359. The van der Waals surface area contributed by atoms with E-state index in [9.17, 15) is 0 Å². The van der Waals surface area contributed by atoms with E-state index in [1.165, 1.54) is 32.5 Å². The Morgan fingerprint density at radius 3 is 2.21 bits per heavy atom. The lowest BCUT2D eigenvalue weighted by Gasteiger charge is -2.34. The van der Waals surface area contributed by atoms with Gasteiger partial charge in [-0.3, -0.25) is 0 Å². The first-order valence-electron chi connectivity index (χ1n) is 6.07. The molecule has 84 valence electrons. The fourth-order valence-corrected chi connectivity index (χ4v) is 2.23. The highest BCUT2D eigenvalue weighted by molar-refractivity contribution is 4.74. The molecule has 1 saturated heterocycles. The maximum atomic E-state index is 5.76. The Kier molecular flexibility index (Phi) is 4.90. The standard InChI is InChI=1S/C12H26N2/c1-10(2)12-5-8-14(9-6-12)7-4-11(3)13/h10-12H,4-9,13H2,1-3H3. The molecule has 1 aliphatic heterocycles. The highest BCUT2D eigenvalue weighted by Gasteiger charge is 2.20. The Labute approximate surface area is 88.8 Å². The molecule has 2 heteroatoms. The molecule has 1 atom stereocenters. The van der Waals surface area contributed by atoms with Gasteiger partial charge in [-0.15, -0.1) is 0 Å². The van der Waals surface area contributed by atoms with Gasteiger partial charge in [0.1, 0.15) is 0 Å². The topological polar surface area (TPSA) is 29.3 Å². The predicted molar refractivity (Wildman–Crippen MR) is 62.3 cm³/mol. The van der Waals surface area contributed by atoms with Crippen molar-refractivity contribution in [3.63, 3.8) is 0 Å². The Morgan fingerprint density at radius 1 is 1.21 bits per heavy atom. The van der Waals surface area contributed by atoms with Crippen molar-refractivity contribution < 1.29 is 0 Å². The van der Waals surface area contributed by atoms with Gasteiger partial charge in [0.15, 0.2) is 0 Å². The van der Waals surface area contributed by atoms with Crippen molar-refractivity contribution >= 4 is 0 Å². The SMILES string of the molecule is CC(N)CCN1CCC(C(C)C)CC1. The van der Waals surface area contributed by atoms with Crippen LogP contribution in [0, 0.1) is 11.8 Å². The summed E-state index contributed by atoms with van der Waals surface area (Å²) in [6.07, 6.45) is 3.92. The van der Waals surface area contributed by atoms with Gasteiger partial charge in [0, 0.05) is 6.04 Å². The molecule has 0 aromatic carbocycles. The molecule has 0 bridgehead atoms.